The highest BCUT2D eigenvalue weighted by atomic mass is 16.5. The first kappa shape index (κ1) is 20.7. The summed E-state index contributed by atoms with van der Waals surface area (Å²) in [4.78, 5) is 0. The molecular formula is C24H29NO2. The molecule has 0 heterocycles. The Morgan fingerprint density at radius 2 is 1.74 bits per heavy atom. The largest absolute Gasteiger partial charge is 0.491 e. The quantitative estimate of drug-likeness (QED) is 0.578. The van der Waals surface area contributed by atoms with E-state index in [1.54, 1.807) is 0 Å². The Morgan fingerprint density at radius 1 is 1.07 bits per heavy atom. The minimum atomic E-state index is -0.574. The zero-order chi connectivity index (χ0) is 19.3. The number of hydrogen-bond acceptors (Lipinski definition) is 3. The Kier molecular flexibility index (Phi) is 9.11. The van der Waals surface area contributed by atoms with Crippen LogP contribution in [0, 0.1) is 0 Å². The van der Waals surface area contributed by atoms with E-state index in [-0.39, 0.29) is 12.5 Å². The fourth-order valence-corrected chi connectivity index (χ4v) is 2.89. The molecule has 0 spiro atoms. The van der Waals surface area contributed by atoms with E-state index in [4.69, 9.17) is 4.74 Å². The Bertz CT molecular complexity index is 723. The summed E-state index contributed by atoms with van der Waals surface area (Å²) in [5.74, 6) is 0.950. The Labute approximate surface area is 162 Å². The van der Waals surface area contributed by atoms with Gasteiger partial charge in [-0.15, -0.1) is 0 Å². The second kappa shape index (κ2) is 11.9. The summed E-state index contributed by atoms with van der Waals surface area (Å²) in [5.41, 5.74) is 2.41. The molecule has 2 aromatic carbocycles. The molecule has 0 fully saturated rings. The van der Waals surface area contributed by atoms with Crippen molar-refractivity contribution >= 4 is 0 Å². The van der Waals surface area contributed by atoms with E-state index < -0.39 is 6.10 Å². The number of benzene rings is 2. The molecule has 0 radical (unpaired) electrons. The molecule has 2 aromatic rings. The lowest BCUT2D eigenvalue weighted by atomic mass is 9.90. The van der Waals surface area contributed by atoms with Gasteiger partial charge in [0.05, 0.1) is 0 Å². The lowest BCUT2D eigenvalue weighted by molar-refractivity contribution is 0.106. The minimum absolute atomic E-state index is 0.183. The number of nitrogens with one attached hydrogen (secondary N) is 1. The molecule has 3 nitrogen and oxygen atoms in total. The van der Waals surface area contributed by atoms with Gasteiger partial charge in [0.2, 0.25) is 0 Å². The summed E-state index contributed by atoms with van der Waals surface area (Å²) in [7, 11) is 0. The summed E-state index contributed by atoms with van der Waals surface area (Å²) in [6.45, 7) is 7.29. The molecule has 142 valence electrons. The van der Waals surface area contributed by atoms with Gasteiger partial charge in [0, 0.05) is 19.0 Å². The van der Waals surface area contributed by atoms with E-state index in [9.17, 15) is 5.11 Å². The van der Waals surface area contributed by atoms with E-state index in [0.29, 0.717) is 6.54 Å². The third kappa shape index (κ3) is 7.26. The van der Waals surface area contributed by atoms with Gasteiger partial charge < -0.3 is 15.2 Å². The standard InChI is InChI=1S/C24H29NO2/c1-3-11-20(12-4-2)24(21-13-7-5-8-14-21)18-25-17-22(26)19-27-23-15-9-6-10-16-23/h3-16,22,24-26H,1,17-19H2,2H3/b12-4-,20-11+. The smallest absolute Gasteiger partial charge is 0.119 e. The molecule has 0 saturated heterocycles. The van der Waals surface area contributed by atoms with Crippen molar-refractivity contribution in [2.45, 2.75) is 18.9 Å². The van der Waals surface area contributed by atoms with Gasteiger partial charge in [0.25, 0.3) is 0 Å². The van der Waals surface area contributed by atoms with Crippen LogP contribution in [0.5, 0.6) is 5.75 Å². The molecule has 2 N–H and O–H groups in total. The highest BCUT2D eigenvalue weighted by molar-refractivity contribution is 5.37. The maximum Gasteiger partial charge on any atom is 0.119 e. The Hall–Kier alpha value is -2.62. The second-order valence-corrected chi connectivity index (χ2v) is 6.30. The van der Waals surface area contributed by atoms with Crippen molar-refractivity contribution in [2.24, 2.45) is 0 Å². The van der Waals surface area contributed by atoms with Gasteiger partial charge in [-0.1, -0.05) is 79.4 Å². The van der Waals surface area contributed by atoms with Crippen LogP contribution in [0.4, 0.5) is 0 Å². The number of para-hydroxylation sites is 1. The molecular weight excluding hydrogens is 334 g/mol. The normalized spacial score (nSPS) is 14.1. The average molecular weight is 364 g/mol. The predicted molar refractivity (Wildman–Crippen MR) is 113 cm³/mol. The fourth-order valence-electron chi connectivity index (χ4n) is 2.89. The summed E-state index contributed by atoms with van der Waals surface area (Å²) in [6.07, 6.45) is 7.42. The topological polar surface area (TPSA) is 41.5 Å². The van der Waals surface area contributed by atoms with Gasteiger partial charge in [-0.3, -0.25) is 0 Å². The lowest BCUT2D eigenvalue weighted by Gasteiger charge is -2.21. The number of allylic oxidation sites excluding steroid dienone is 4. The van der Waals surface area contributed by atoms with Crippen LogP contribution in [0.1, 0.15) is 18.4 Å². The Morgan fingerprint density at radius 3 is 2.37 bits per heavy atom. The Balaban J connectivity index is 1.93. The van der Waals surface area contributed by atoms with Crippen LogP contribution in [0.25, 0.3) is 0 Å². The van der Waals surface area contributed by atoms with E-state index in [0.717, 1.165) is 12.3 Å². The maximum absolute atomic E-state index is 10.2. The van der Waals surface area contributed by atoms with Crippen molar-refractivity contribution in [1.29, 1.82) is 0 Å². The van der Waals surface area contributed by atoms with Crippen molar-refractivity contribution in [3.63, 3.8) is 0 Å². The molecule has 2 rings (SSSR count). The van der Waals surface area contributed by atoms with Gasteiger partial charge in [0.1, 0.15) is 18.5 Å². The van der Waals surface area contributed by atoms with E-state index in [2.05, 4.69) is 30.1 Å². The summed E-state index contributed by atoms with van der Waals surface area (Å²) in [5, 5.41) is 13.6. The molecule has 0 aliphatic carbocycles. The molecule has 2 atom stereocenters. The van der Waals surface area contributed by atoms with E-state index >= 15 is 0 Å². The monoisotopic (exact) mass is 363 g/mol. The van der Waals surface area contributed by atoms with Crippen LogP contribution < -0.4 is 10.1 Å². The predicted octanol–water partition coefficient (Wildman–Crippen LogP) is 4.49. The first-order chi connectivity index (χ1) is 13.2. The molecule has 0 aromatic heterocycles. The number of rotatable bonds is 11. The molecule has 0 amide bonds. The highest BCUT2D eigenvalue weighted by Crippen LogP contribution is 2.25. The lowest BCUT2D eigenvalue weighted by Crippen LogP contribution is -2.34. The number of ether oxygens (including phenoxy) is 1. The first-order valence-corrected chi connectivity index (χ1v) is 9.31. The van der Waals surface area contributed by atoms with Crippen molar-refractivity contribution in [3.8, 4) is 5.75 Å². The van der Waals surface area contributed by atoms with Crippen molar-refractivity contribution in [3.05, 3.63) is 103 Å². The molecule has 0 aliphatic heterocycles. The average Bonchev–Trinajstić information content (AvgIpc) is 2.71. The first-order valence-electron chi connectivity index (χ1n) is 9.31. The second-order valence-electron chi connectivity index (χ2n) is 6.30. The van der Waals surface area contributed by atoms with Gasteiger partial charge in [-0.2, -0.15) is 0 Å². The number of aliphatic hydroxyl groups excluding tert-OH is 1. The van der Waals surface area contributed by atoms with Crippen LogP contribution in [-0.2, 0) is 0 Å². The molecule has 0 saturated carbocycles. The summed E-state index contributed by atoms with van der Waals surface area (Å²) >= 11 is 0. The van der Waals surface area contributed by atoms with Crippen LogP contribution >= 0.6 is 0 Å². The van der Waals surface area contributed by atoms with E-state index in [1.165, 1.54) is 11.1 Å². The van der Waals surface area contributed by atoms with Gasteiger partial charge in [0.15, 0.2) is 0 Å². The van der Waals surface area contributed by atoms with Gasteiger partial charge in [-0.05, 0) is 30.2 Å². The van der Waals surface area contributed by atoms with Crippen molar-refractivity contribution in [2.75, 3.05) is 19.7 Å². The number of hydrogen-bond donors (Lipinski definition) is 2. The summed E-state index contributed by atoms with van der Waals surface area (Å²) in [6, 6.07) is 19.9. The van der Waals surface area contributed by atoms with E-state index in [1.807, 2.05) is 73.7 Å². The van der Waals surface area contributed by atoms with Crippen LogP contribution in [-0.4, -0.2) is 30.9 Å². The van der Waals surface area contributed by atoms with Crippen LogP contribution in [0.15, 0.2) is 97.1 Å². The molecule has 0 bridgehead atoms. The molecule has 2 unspecified atom stereocenters. The molecule has 0 aliphatic rings. The third-order valence-electron chi connectivity index (χ3n) is 4.19. The minimum Gasteiger partial charge on any atom is -0.491 e. The van der Waals surface area contributed by atoms with Crippen molar-refractivity contribution in [1.82, 2.24) is 5.32 Å². The van der Waals surface area contributed by atoms with Gasteiger partial charge >= 0.3 is 0 Å². The summed E-state index contributed by atoms with van der Waals surface area (Å²) < 4.78 is 5.61. The SMILES string of the molecule is C=C/C=C(\C=C/C)C(CNCC(O)COc1ccccc1)c1ccccc1. The fraction of sp³-hybridized carbons (Fsp3) is 0.250. The maximum atomic E-state index is 10.2. The zero-order valence-electron chi connectivity index (χ0n) is 15.9. The third-order valence-corrected chi connectivity index (χ3v) is 4.19. The molecule has 3 heteroatoms. The van der Waals surface area contributed by atoms with Crippen LogP contribution in [0.3, 0.4) is 0 Å². The zero-order valence-corrected chi connectivity index (χ0v) is 15.9. The highest BCUT2D eigenvalue weighted by Gasteiger charge is 2.15. The van der Waals surface area contributed by atoms with Crippen molar-refractivity contribution < 1.29 is 9.84 Å². The van der Waals surface area contributed by atoms with Gasteiger partial charge in [-0.25, -0.2) is 0 Å². The number of aliphatic hydroxyl groups is 1. The molecule has 27 heavy (non-hydrogen) atoms. The van der Waals surface area contributed by atoms with Crippen LogP contribution in [0.2, 0.25) is 0 Å².